The van der Waals surface area contributed by atoms with Crippen molar-refractivity contribution >= 4 is 12.0 Å². The first kappa shape index (κ1) is 15.5. The minimum Gasteiger partial charge on any atom is -0.457 e. The molecular formula is C19H22N2O2. The van der Waals surface area contributed by atoms with Crippen molar-refractivity contribution in [1.29, 1.82) is 0 Å². The number of benzene rings is 1. The molecule has 2 atom stereocenters. The zero-order valence-electron chi connectivity index (χ0n) is 13.6. The standard InChI is InChI=1S/C19H22N2O2/c1-14-7-8-16(15(2)13-14)9-10-19(22)23-18-6-3-5-17(18)21-12-4-11-20-21/h4,7-13,17-18H,3,5-6H2,1-2H3/b10-9+/t17-,18-/m1/s1. The number of rotatable bonds is 4. The second-order valence-corrected chi connectivity index (χ2v) is 6.15. The highest BCUT2D eigenvalue weighted by molar-refractivity contribution is 5.87. The Bertz CT molecular complexity index is 704. The van der Waals surface area contributed by atoms with Crippen molar-refractivity contribution in [2.45, 2.75) is 45.3 Å². The van der Waals surface area contributed by atoms with E-state index in [9.17, 15) is 4.79 Å². The molecule has 0 amide bonds. The summed E-state index contributed by atoms with van der Waals surface area (Å²) in [4.78, 5) is 12.1. The third-order valence-corrected chi connectivity index (χ3v) is 4.37. The van der Waals surface area contributed by atoms with Crippen molar-refractivity contribution in [3.05, 3.63) is 59.4 Å². The Morgan fingerprint density at radius 1 is 1.35 bits per heavy atom. The summed E-state index contributed by atoms with van der Waals surface area (Å²) in [5.74, 6) is -0.283. The lowest BCUT2D eigenvalue weighted by Crippen LogP contribution is -2.24. The summed E-state index contributed by atoms with van der Waals surface area (Å²) in [6.07, 6.45) is 9.91. The number of hydrogen-bond donors (Lipinski definition) is 0. The lowest BCUT2D eigenvalue weighted by Gasteiger charge is -2.19. The lowest BCUT2D eigenvalue weighted by atomic mass is 10.1. The van der Waals surface area contributed by atoms with Crippen LogP contribution in [0.1, 0.15) is 42.0 Å². The molecule has 0 saturated heterocycles. The first-order chi connectivity index (χ1) is 11.1. The summed E-state index contributed by atoms with van der Waals surface area (Å²) in [5.41, 5.74) is 3.42. The van der Waals surface area contributed by atoms with Crippen LogP contribution in [-0.2, 0) is 9.53 Å². The number of aryl methyl sites for hydroxylation is 2. The van der Waals surface area contributed by atoms with E-state index in [4.69, 9.17) is 4.74 Å². The first-order valence-corrected chi connectivity index (χ1v) is 8.08. The summed E-state index contributed by atoms with van der Waals surface area (Å²) < 4.78 is 7.55. The fraction of sp³-hybridized carbons (Fsp3) is 0.368. The largest absolute Gasteiger partial charge is 0.457 e. The highest BCUT2D eigenvalue weighted by atomic mass is 16.5. The highest BCUT2D eigenvalue weighted by Crippen LogP contribution is 2.32. The van der Waals surface area contributed by atoms with E-state index in [-0.39, 0.29) is 18.1 Å². The van der Waals surface area contributed by atoms with Gasteiger partial charge in [-0.1, -0.05) is 23.8 Å². The van der Waals surface area contributed by atoms with E-state index in [2.05, 4.69) is 18.1 Å². The van der Waals surface area contributed by atoms with Crippen LogP contribution in [0.4, 0.5) is 0 Å². The van der Waals surface area contributed by atoms with Gasteiger partial charge in [0.25, 0.3) is 0 Å². The van der Waals surface area contributed by atoms with Gasteiger partial charge in [-0.25, -0.2) is 4.79 Å². The Labute approximate surface area is 136 Å². The summed E-state index contributed by atoms with van der Waals surface area (Å²) in [6.45, 7) is 4.10. The molecule has 3 rings (SSSR count). The number of aromatic nitrogens is 2. The summed E-state index contributed by atoms with van der Waals surface area (Å²) in [6, 6.07) is 8.23. The third kappa shape index (κ3) is 3.70. The highest BCUT2D eigenvalue weighted by Gasteiger charge is 2.31. The molecule has 0 radical (unpaired) electrons. The zero-order chi connectivity index (χ0) is 16.2. The van der Waals surface area contributed by atoms with Crippen molar-refractivity contribution < 1.29 is 9.53 Å². The van der Waals surface area contributed by atoms with Gasteiger partial charge in [0.05, 0.1) is 6.04 Å². The van der Waals surface area contributed by atoms with E-state index in [0.717, 1.165) is 30.4 Å². The summed E-state index contributed by atoms with van der Waals surface area (Å²) in [5, 5.41) is 4.28. The maximum absolute atomic E-state index is 12.1. The molecule has 0 spiro atoms. The Balaban J connectivity index is 1.63. The van der Waals surface area contributed by atoms with E-state index in [1.54, 1.807) is 6.20 Å². The number of carbonyl (C=O) groups excluding carboxylic acids is 1. The van der Waals surface area contributed by atoms with Crippen LogP contribution in [0.3, 0.4) is 0 Å². The minimum atomic E-state index is -0.283. The zero-order valence-corrected chi connectivity index (χ0v) is 13.6. The summed E-state index contributed by atoms with van der Waals surface area (Å²) in [7, 11) is 0. The lowest BCUT2D eigenvalue weighted by molar-refractivity contribution is -0.144. The fourth-order valence-corrected chi connectivity index (χ4v) is 3.18. The molecule has 120 valence electrons. The number of nitrogens with zero attached hydrogens (tertiary/aromatic N) is 2. The van der Waals surface area contributed by atoms with Crippen LogP contribution >= 0.6 is 0 Å². The second-order valence-electron chi connectivity index (χ2n) is 6.15. The monoisotopic (exact) mass is 310 g/mol. The van der Waals surface area contributed by atoms with Crippen LogP contribution in [0, 0.1) is 13.8 Å². The van der Waals surface area contributed by atoms with Crippen LogP contribution in [0.25, 0.3) is 6.08 Å². The molecule has 1 aliphatic rings. The minimum absolute atomic E-state index is 0.0915. The maximum Gasteiger partial charge on any atom is 0.331 e. The molecule has 0 aliphatic heterocycles. The van der Waals surface area contributed by atoms with Gasteiger partial charge < -0.3 is 4.74 Å². The normalized spacial score (nSPS) is 21.0. The molecule has 2 aromatic rings. The van der Waals surface area contributed by atoms with E-state index in [1.165, 1.54) is 11.6 Å². The molecule has 4 heteroatoms. The van der Waals surface area contributed by atoms with Gasteiger partial charge in [-0.15, -0.1) is 0 Å². The molecule has 1 aliphatic carbocycles. The number of esters is 1. The van der Waals surface area contributed by atoms with Crippen LogP contribution < -0.4 is 0 Å². The molecule has 0 unspecified atom stereocenters. The molecule has 1 aromatic carbocycles. The molecule has 4 nitrogen and oxygen atoms in total. The predicted octanol–water partition coefficient (Wildman–Crippen LogP) is 3.85. The van der Waals surface area contributed by atoms with Gasteiger partial charge >= 0.3 is 5.97 Å². The molecule has 23 heavy (non-hydrogen) atoms. The van der Waals surface area contributed by atoms with Crippen LogP contribution in [0.2, 0.25) is 0 Å². The topological polar surface area (TPSA) is 44.1 Å². The average Bonchev–Trinajstić information content (AvgIpc) is 3.17. The van der Waals surface area contributed by atoms with Gasteiger partial charge in [-0.05, 0) is 56.4 Å². The van der Waals surface area contributed by atoms with Crippen LogP contribution in [-0.4, -0.2) is 21.9 Å². The smallest absolute Gasteiger partial charge is 0.331 e. The average molecular weight is 310 g/mol. The summed E-state index contributed by atoms with van der Waals surface area (Å²) >= 11 is 0. The number of carbonyl (C=O) groups is 1. The molecule has 1 heterocycles. The van der Waals surface area contributed by atoms with Crippen molar-refractivity contribution in [1.82, 2.24) is 9.78 Å². The molecule has 0 bridgehead atoms. The van der Waals surface area contributed by atoms with Crippen molar-refractivity contribution in [3.63, 3.8) is 0 Å². The molecule has 1 fully saturated rings. The van der Waals surface area contributed by atoms with Crippen molar-refractivity contribution in [2.24, 2.45) is 0 Å². The van der Waals surface area contributed by atoms with Gasteiger partial charge in [0, 0.05) is 18.5 Å². The molecule has 1 aromatic heterocycles. The van der Waals surface area contributed by atoms with E-state index in [1.807, 2.05) is 42.1 Å². The van der Waals surface area contributed by atoms with Crippen molar-refractivity contribution in [2.75, 3.05) is 0 Å². The Morgan fingerprint density at radius 3 is 2.96 bits per heavy atom. The Kier molecular flexibility index (Phi) is 4.60. The number of ether oxygens (including phenoxy) is 1. The molecular weight excluding hydrogens is 288 g/mol. The molecule has 0 N–H and O–H groups in total. The maximum atomic E-state index is 12.1. The predicted molar refractivity (Wildman–Crippen MR) is 89.9 cm³/mol. The number of hydrogen-bond acceptors (Lipinski definition) is 3. The van der Waals surface area contributed by atoms with E-state index in [0.29, 0.717) is 0 Å². The Hall–Kier alpha value is -2.36. The third-order valence-electron chi connectivity index (χ3n) is 4.37. The fourth-order valence-electron chi connectivity index (χ4n) is 3.18. The van der Waals surface area contributed by atoms with Gasteiger partial charge in [0.2, 0.25) is 0 Å². The van der Waals surface area contributed by atoms with E-state index >= 15 is 0 Å². The van der Waals surface area contributed by atoms with Gasteiger partial charge in [-0.3, -0.25) is 4.68 Å². The first-order valence-electron chi connectivity index (χ1n) is 8.08. The van der Waals surface area contributed by atoms with Crippen LogP contribution in [0.15, 0.2) is 42.7 Å². The van der Waals surface area contributed by atoms with E-state index < -0.39 is 0 Å². The molecule has 1 saturated carbocycles. The Morgan fingerprint density at radius 2 is 2.22 bits per heavy atom. The van der Waals surface area contributed by atoms with Gasteiger partial charge in [-0.2, -0.15) is 5.10 Å². The van der Waals surface area contributed by atoms with Crippen LogP contribution in [0.5, 0.6) is 0 Å². The van der Waals surface area contributed by atoms with Gasteiger partial charge in [0.15, 0.2) is 0 Å². The SMILES string of the molecule is Cc1ccc(/C=C/C(=O)O[C@@H]2CCC[C@H]2n2cccn2)c(C)c1. The second kappa shape index (κ2) is 6.82. The quantitative estimate of drug-likeness (QED) is 0.636. The van der Waals surface area contributed by atoms with Gasteiger partial charge in [0.1, 0.15) is 6.10 Å². The van der Waals surface area contributed by atoms with Crippen molar-refractivity contribution in [3.8, 4) is 0 Å².